The molecule has 0 radical (unpaired) electrons. The minimum atomic E-state index is -0.0718. The fourth-order valence-electron chi connectivity index (χ4n) is 3.25. The number of nitrogens with zero attached hydrogens (tertiary/aromatic N) is 1. The Morgan fingerprint density at radius 3 is 2.58 bits per heavy atom. The first-order valence-corrected chi connectivity index (χ1v) is 8.63. The lowest BCUT2D eigenvalue weighted by atomic mass is 10.0. The van der Waals surface area contributed by atoms with Crippen LogP contribution in [0.25, 0.3) is 10.9 Å². The Labute approximate surface area is 142 Å². The number of fused-ring (bicyclic) bond motifs is 1. The van der Waals surface area contributed by atoms with Gasteiger partial charge in [-0.05, 0) is 38.0 Å². The van der Waals surface area contributed by atoms with Gasteiger partial charge in [-0.3, -0.25) is 9.59 Å². The summed E-state index contributed by atoms with van der Waals surface area (Å²) in [5.74, 6) is 0.161. The Kier molecular flexibility index (Phi) is 4.60. The van der Waals surface area contributed by atoms with Crippen LogP contribution in [0.2, 0.25) is 0 Å². The van der Waals surface area contributed by atoms with Gasteiger partial charge in [0, 0.05) is 36.0 Å². The molecule has 5 heteroatoms. The number of benzene rings is 1. The molecule has 1 aromatic heterocycles. The monoisotopic (exact) mass is 327 g/mol. The van der Waals surface area contributed by atoms with Crippen LogP contribution in [0, 0.1) is 12.8 Å². The summed E-state index contributed by atoms with van der Waals surface area (Å²) in [5.41, 5.74) is 2.75. The van der Waals surface area contributed by atoms with Crippen molar-refractivity contribution >= 4 is 22.7 Å². The van der Waals surface area contributed by atoms with Gasteiger partial charge in [0.05, 0.1) is 0 Å². The number of piperidine rings is 1. The van der Waals surface area contributed by atoms with Crippen LogP contribution in [-0.2, 0) is 4.79 Å². The summed E-state index contributed by atoms with van der Waals surface area (Å²) < 4.78 is 0. The number of aromatic amines is 1. The first-order chi connectivity index (χ1) is 11.4. The van der Waals surface area contributed by atoms with Crippen molar-refractivity contribution in [3.05, 3.63) is 35.5 Å². The predicted molar refractivity (Wildman–Crippen MR) is 94.9 cm³/mol. The highest BCUT2D eigenvalue weighted by Crippen LogP contribution is 2.18. The molecule has 2 aromatic rings. The maximum Gasteiger partial charge on any atom is 0.267 e. The van der Waals surface area contributed by atoms with E-state index in [-0.39, 0.29) is 23.8 Å². The average Bonchev–Trinajstić information content (AvgIpc) is 2.98. The van der Waals surface area contributed by atoms with Gasteiger partial charge in [0.2, 0.25) is 5.91 Å². The second-order valence-corrected chi connectivity index (χ2v) is 7.00. The molecule has 0 spiro atoms. The number of hydrogen-bond acceptors (Lipinski definition) is 2. The molecule has 5 nitrogen and oxygen atoms in total. The first kappa shape index (κ1) is 16.6. The van der Waals surface area contributed by atoms with Crippen molar-refractivity contribution in [3.63, 3.8) is 0 Å². The quantitative estimate of drug-likeness (QED) is 0.910. The van der Waals surface area contributed by atoms with Gasteiger partial charge in [-0.2, -0.15) is 0 Å². The highest BCUT2D eigenvalue weighted by atomic mass is 16.2. The van der Waals surface area contributed by atoms with Crippen molar-refractivity contribution in [1.82, 2.24) is 15.2 Å². The number of H-pyrrole nitrogens is 1. The lowest BCUT2D eigenvalue weighted by molar-refractivity contribution is -0.135. The molecule has 0 saturated carbocycles. The van der Waals surface area contributed by atoms with Crippen molar-refractivity contribution in [1.29, 1.82) is 0 Å². The third-order valence-electron chi connectivity index (χ3n) is 4.66. The Balaban J connectivity index is 1.60. The van der Waals surface area contributed by atoms with Crippen LogP contribution < -0.4 is 5.32 Å². The average molecular weight is 327 g/mol. The number of aromatic nitrogens is 1. The fraction of sp³-hybridized carbons (Fsp3) is 0.474. The number of likely N-dealkylation sites (tertiary alicyclic amines) is 1. The Hall–Kier alpha value is -2.30. The number of carbonyl (C=O) groups excluding carboxylic acids is 2. The smallest absolute Gasteiger partial charge is 0.267 e. The van der Waals surface area contributed by atoms with Crippen LogP contribution in [0.15, 0.2) is 24.3 Å². The molecule has 2 amide bonds. The van der Waals surface area contributed by atoms with E-state index < -0.39 is 0 Å². The van der Waals surface area contributed by atoms with Gasteiger partial charge in [0.1, 0.15) is 5.69 Å². The van der Waals surface area contributed by atoms with E-state index in [0.717, 1.165) is 23.7 Å². The third kappa shape index (κ3) is 3.45. The third-order valence-corrected chi connectivity index (χ3v) is 4.66. The van der Waals surface area contributed by atoms with Crippen LogP contribution in [0.5, 0.6) is 0 Å². The van der Waals surface area contributed by atoms with Gasteiger partial charge in [0.25, 0.3) is 5.91 Å². The number of carbonyl (C=O) groups is 2. The SMILES string of the molecule is Cc1ccc2[nH]c(C(=O)NC3CCN(C(=O)C(C)C)CC3)cc2c1. The molecule has 0 atom stereocenters. The molecule has 1 aromatic carbocycles. The summed E-state index contributed by atoms with van der Waals surface area (Å²) in [6.45, 7) is 7.32. The van der Waals surface area contributed by atoms with E-state index in [4.69, 9.17) is 0 Å². The van der Waals surface area contributed by atoms with E-state index >= 15 is 0 Å². The maximum atomic E-state index is 12.5. The highest BCUT2D eigenvalue weighted by Gasteiger charge is 2.25. The molecule has 0 aliphatic carbocycles. The number of nitrogens with one attached hydrogen (secondary N) is 2. The molecule has 2 heterocycles. The summed E-state index contributed by atoms with van der Waals surface area (Å²) >= 11 is 0. The molecule has 0 bridgehead atoms. The molecule has 1 fully saturated rings. The normalized spacial score (nSPS) is 15.9. The largest absolute Gasteiger partial charge is 0.351 e. The van der Waals surface area contributed by atoms with Crippen molar-refractivity contribution in [2.45, 2.75) is 39.7 Å². The van der Waals surface area contributed by atoms with Crippen LogP contribution in [0.4, 0.5) is 0 Å². The lowest BCUT2D eigenvalue weighted by Gasteiger charge is -2.33. The zero-order valence-electron chi connectivity index (χ0n) is 14.6. The molecular formula is C19H25N3O2. The molecule has 1 aliphatic heterocycles. The van der Waals surface area contributed by atoms with Gasteiger partial charge in [0.15, 0.2) is 0 Å². The predicted octanol–water partition coefficient (Wildman–Crippen LogP) is 2.85. The molecule has 1 saturated heterocycles. The van der Waals surface area contributed by atoms with Gasteiger partial charge in [-0.25, -0.2) is 0 Å². The topological polar surface area (TPSA) is 65.2 Å². The minimum absolute atomic E-state index is 0.0333. The second kappa shape index (κ2) is 6.67. The van der Waals surface area contributed by atoms with E-state index in [0.29, 0.717) is 18.8 Å². The zero-order chi connectivity index (χ0) is 17.3. The van der Waals surface area contributed by atoms with Crippen LogP contribution in [0.1, 0.15) is 42.7 Å². The molecule has 1 aliphatic rings. The van der Waals surface area contributed by atoms with Crippen LogP contribution in [-0.4, -0.2) is 40.8 Å². The Bertz CT molecular complexity index is 755. The van der Waals surface area contributed by atoms with E-state index in [1.165, 1.54) is 5.56 Å². The molecule has 128 valence electrons. The highest BCUT2D eigenvalue weighted by molar-refractivity contribution is 5.98. The van der Waals surface area contributed by atoms with Crippen LogP contribution >= 0.6 is 0 Å². The van der Waals surface area contributed by atoms with Crippen molar-refractivity contribution in [3.8, 4) is 0 Å². The zero-order valence-corrected chi connectivity index (χ0v) is 14.6. The van der Waals surface area contributed by atoms with Crippen molar-refractivity contribution < 1.29 is 9.59 Å². The summed E-state index contributed by atoms with van der Waals surface area (Å²) in [5, 5.41) is 4.14. The number of rotatable bonds is 3. The fourth-order valence-corrected chi connectivity index (χ4v) is 3.25. The second-order valence-electron chi connectivity index (χ2n) is 7.00. The van der Waals surface area contributed by atoms with Crippen molar-refractivity contribution in [2.24, 2.45) is 5.92 Å². The molecule has 24 heavy (non-hydrogen) atoms. The Morgan fingerprint density at radius 2 is 1.92 bits per heavy atom. The first-order valence-electron chi connectivity index (χ1n) is 8.63. The molecule has 2 N–H and O–H groups in total. The standard InChI is InChI=1S/C19H25N3O2/c1-12(2)19(24)22-8-6-15(7-9-22)20-18(23)17-11-14-10-13(3)4-5-16(14)21-17/h4-5,10-12,15,21H,6-9H2,1-3H3,(H,20,23). The Morgan fingerprint density at radius 1 is 1.21 bits per heavy atom. The van der Waals surface area contributed by atoms with Crippen LogP contribution in [0.3, 0.4) is 0 Å². The molecule has 0 unspecified atom stereocenters. The minimum Gasteiger partial charge on any atom is -0.351 e. The summed E-state index contributed by atoms with van der Waals surface area (Å²) in [6, 6.07) is 8.12. The van der Waals surface area contributed by atoms with Gasteiger partial charge in [-0.1, -0.05) is 25.5 Å². The molecule has 3 rings (SSSR count). The van der Waals surface area contributed by atoms with Crippen molar-refractivity contribution in [2.75, 3.05) is 13.1 Å². The summed E-state index contributed by atoms with van der Waals surface area (Å²) in [7, 11) is 0. The summed E-state index contributed by atoms with van der Waals surface area (Å²) in [6.07, 6.45) is 1.62. The van der Waals surface area contributed by atoms with E-state index in [1.54, 1.807) is 0 Å². The van der Waals surface area contributed by atoms with Gasteiger partial charge in [-0.15, -0.1) is 0 Å². The lowest BCUT2D eigenvalue weighted by Crippen LogP contribution is -2.47. The number of hydrogen-bond donors (Lipinski definition) is 2. The van der Waals surface area contributed by atoms with E-state index in [2.05, 4.69) is 16.4 Å². The maximum absolute atomic E-state index is 12.5. The van der Waals surface area contributed by atoms with E-state index in [1.807, 2.05) is 43.9 Å². The molecular weight excluding hydrogens is 302 g/mol. The van der Waals surface area contributed by atoms with E-state index in [9.17, 15) is 9.59 Å². The van der Waals surface area contributed by atoms with Gasteiger partial charge >= 0.3 is 0 Å². The van der Waals surface area contributed by atoms with Gasteiger partial charge < -0.3 is 15.2 Å². The number of aryl methyl sites for hydroxylation is 1. The number of amides is 2. The summed E-state index contributed by atoms with van der Waals surface area (Å²) in [4.78, 5) is 29.6.